The molecule has 1 aliphatic heterocycles. The van der Waals surface area contributed by atoms with E-state index in [1.54, 1.807) is 4.90 Å². The van der Waals surface area contributed by atoms with Crippen molar-refractivity contribution in [1.82, 2.24) is 4.90 Å². The topological polar surface area (TPSA) is 66.8 Å². The van der Waals surface area contributed by atoms with Gasteiger partial charge in [-0.15, -0.1) is 0 Å². The average Bonchev–Trinajstić information content (AvgIpc) is 2.73. The van der Waals surface area contributed by atoms with Crippen molar-refractivity contribution in [1.29, 1.82) is 0 Å². The van der Waals surface area contributed by atoms with E-state index in [1.165, 1.54) is 12.7 Å². The van der Waals surface area contributed by atoms with Crippen LogP contribution in [0.4, 0.5) is 0 Å². The molecule has 5 nitrogen and oxygen atoms in total. The van der Waals surface area contributed by atoms with E-state index in [0.717, 1.165) is 18.4 Å². The van der Waals surface area contributed by atoms with E-state index in [2.05, 4.69) is 12.1 Å². The number of carbonyl (C=O) groups excluding carboxylic acids is 1. The fourth-order valence-corrected chi connectivity index (χ4v) is 3.98. The molecular weight excluding hydrogens is 354 g/mol. The summed E-state index contributed by atoms with van der Waals surface area (Å²) in [5.41, 5.74) is 1.86. The van der Waals surface area contributed by atoms with Crippen molar-refractivity contribution < 1.29 is 19.4 Å². The molecule has 1 fully saturated rings. The van der Waals surface area contributed by atoms with Gasteiger partial charge in [0.2, 0.25) is 0 Å². The third kappa shape index (κ3) is 4.42. The molecule has 1 saturated heterocycles. The van der Waals surface area contributed by atoms with E-state index in [0.29, 0.717) is 24.9 Å². The number of piperidine rings is 1. The van der Waals surface area contributed by atoms with Crippen LogP contribution >= 0.6 is 0 Å². The number of aliphatic carboxylic acids is 1. The standard InChI is InChI=1S/C23H27NO4/c1-28-17-23(22(26)27)14-7-15-24(16-23)21(25)20-11-6-5-10-19(20)13-12-18-8-3-2-4-9-18/h2-6,8-11H,7,12-17H2,1H3,(H,26,27). The van der Waals surface area contributed by atoms with Gasteiger partial charge in [0.25, 0.3) is 5.91 Å². The molecule has 1 heterocycles. The van der Waals surface area contributed by atoms with E-state index in [9.17, 15) is 14.7 Å². The van der Waals surface area contributed by atoms with Crippen molar-refractivity contribution in [3.05, 3.63) is 71.3 Å². The van der Waals surface area contributed by atoms with Crippen LogP contribution in [0.5, 0.6) is 0 Å². The van der Waals surface area contributed by atoms with Crippen LogP contribution in [0.25, 0.3) is 0 Å². The molecule has 0 bridgehead atoms. The van der Waals surface area contributed by atoms with Crippen molar-refractivity contribution in [3.63, 3.8) is 0 Å². The molecule has 0 aliphatic carbocycles. The van der Waals surface area contributed by atoms with Crippen molar-refractivity contribution in [2.24, 2.45) is 5.41 Å². The van der Waals surface area contributed by atoms with Gasteiger partial charge in [-0.3, -0.25) is 9.59 Å². The lowest BCUT2D eigenvalue weighted by molar-refractivity contribution is -0.155. The summed E-state index contributed by atoms with van der Waals surface area (Å²) in [5, 5.41) is 9.74. The maximum atomic E-state index is 13.2. The van der Waals surface area contributed by atoms with Crippen molar-refractivity contribution in [3.8, 4) is 0 Å². The maximum absolute atomic E-state index is 13.2. The highest BCUT2D eigenvalue weighted by atomic mass is 16.5. The Morgan fingerprint density at radius 1 is 1.07 bits per heavy atom. The number of rotatable bonds is 7. The molecule has 0 spiro atoms. The number of amides is 1. The number of hydrogen-bond donors (Lipinski definition) is 1. The van der Waals surface area contributed by atoms with Crippen LogP contribution in [0.1, 0.15) is 34.3 Å². The number of ether oxygens (including phenoxy) is 1. The molecule has 3 rings (SSSR count). The lowest BCUT2D eigenvalue weighted by Gasteiger charge is -2.39. The van der Waals surface area contributed by atoms with Crippen LogP contribution in [0.2, 0.25) is 0 Å². The highest BCUT2D eigenvalue weighted by Gasteiger charge is 2.44. The molecule has 28 heavy (non-hydrogen) atoms. The number of carbonyl (C=O) groups is 2. The SMILES string of the molecule is COCC1(C(=O)O)CCCN(C(=O)c2ccccc2CCc2ccccc2)C1. The highest BCUT2D eigenvalue weighted by molar-refractivity contribution is 5.96. The molecule has 0 radical (unpaired) electrons. The minimum Gasteiger partial charge on any atom is -0.481 e. The molecule has 2 aromatic rings. The van der Waals surface area contributed by atoms with E-state index >= 15 is 0 Å². The average molecular weight is 381 g/mol. The van der Waals surface area contributed by atoms with E-state index < -0.39 is 11.4 Å². The van der Waals surface area contributed by atoms with Crippen LogP contribution in [0.15, 0.2) is 54.6 Å². The van der Waals surface area contributed by atoms with Crippen LogP contribution in [0, 0.1) is 5.41 Å². The Hall–Kier alpha value is -2.66. The van der Waals surface area contributed by atoms with Gasteiger partial charge >= 0.3 is 5.97 Å². The van der Waals surface area contributed by atoms with Crippen LogP contribution < -0.4 is 0 Å². The Morgan fingerprint density at radius 2 is 1.79 bits per heavy atom. The zero-order valence-corrected chi connectivity index (χ0v) is 16.3. The van der Waals surface area contributed by atoms with Crippen LogP contribution in [-0.2, 0) is 22.4 Å². The maximum Gasteiger partial charge on any atom is 0.313 e. The number of hydrogen-bond acceptors (Lipinski definition) is 3. The van der Waals surface area contributed by atoms with Crippen molar-refractivity contribution in [2.45, 2.75) is 25.7 Å². The molecule has 2 aromatic carbocycles. The lowest BCUT2D eigenvalue weighted by Crippen LogP contribution is -2.52. The second-order valence-electron chi connectivity index (χ2n) is 7.49. The van der Waals surface area contributed by atoms with E-state index in [1.807, 2.05) is 42.5 Å². The third-order valence-corrected chi connectivity index (χ3v) is 5.51. The number of likely N-dealkylation sites (tertiary alicyclic amines) is 1. The first-order valence-corrected chi connectivity index (χ1v) is 9.69. The van der Waals surface area contributed by atoms with Gasteiger partial charge in [0.1, 0.15) is 5.41 Å². The van der Waals surface area contributed by atoms with Gasteiger partial charge in [0.15, 0.2) is 0 Å². The molecule has 1 unspecified atom stereocenters. The summed E-state index contributed by atoms with van der Waals surface area (Å²) >= 11 is 0. The first kappa shape index (κ1) is 20.1. The Labute approximate surface area is 165 Å². The number of carboxylic acid groups (broad SMARTS) is 1. The Balaban J connectivity index is 1.77. The van der Waals surface area contributed by atoms with E-state index in [-0.39, 0.29) is 19.1 Å². The first-order chi connectivity index (χ1) is 13.6. The molecule has 5 heteroatoms. The second kappa shape index (κ2) is 9.02. The normalized spacial score (nSPS) is 19.4. The van der Waals surface area contributed by atoms with Gasteiger partial charge in [-0.2, -0.15) is 0 Å². The quantitative estimate of drug-likeness (QED) is 0.798. The van der Waals surface area contributed by atoms with Gasteiger partial charge in [0.05, 0.1) is 6.61 Å². The third-order valence-electron chi connectivity index (χ3n) is 5.51. The number of methoxy groups -OCH3 is 1. The summed E-state index contributed by atoms with van der Waals surface area (Å²) in [6.45, 7) is 0.869. The fraction of sp³-hybridized carbons (Fsp3) is 0.391. The highest BCUT2D eigenvalue weighted by Crippen LogP contribution is 2.32. The Morgan fingerprint density at radius 3 is 2.50 bits per heavy atom. The molecule has 1 amide bonds. The smallest absolute Gasteiger partial charge is 0.313 e. The fourth-order valence-electron chi connectivity index (χ4n) is 3.98. The summed E-state index contributed by atoms with van der Waals surface area (Å²) in [7, 11) is 1.50. The zero-order valence-electron chi connectivity index (χ0n) is 16.3. The summed E-state index contributed by atoms with van der Waals surface area (Å²) in [4.78, 5) is 26.8. The monoisotopic (exact) mass is 381 g/mol. The molecule has 1 atom stereocenters. The number of benzene rings is 2. The Kier molecular flexibility index (Phi) is 6.47. The molecule has 148 valence electrons. The molecule has 0 aromatic heterocycles. The minimum atomic E-state index is -1.03. The molecule has 0 saturated carbocycles. The molecule has 1 N–H and O–H groups in total. The predicted molar refractivity (Wildman–Crippen MR) is 107 cm³/mol. The summed E-state index contributed by atoms with van der Waals surface area (Å²) < 4.78 is 5.17. The number of nitrogens with zero attached hydrogens (tertiary/aromatic N) is 1. The van der Waals surface area contributed by atoms with Crippen LogP contribution in [-0.4, -0.2) is 48.7 Å². The van der Waals surface area contributed by atoms with Gasteiger partial charge < -0.3 is 14.7 Å². The lowest BCUT2D eigenvalue weighted by atomic mass is 9.80. The van der Waals surface area contributed by atoms with E-state index in [4.69, 9.17) is 4.74 Å². The minimum absolute atomic E-state index is 0.0925. The Bertz CT molecular complexity index is 816. The first-order valence-electron chi connectivity index (χ1n) is 9.69. The largest absolute Gasteiger partial charge is 0.481 e. The van der Waals surface area contributed by atoms with Crippen molar-refractivity contribution >= 4 is 11.9 Å². The van der Waals surface area contributed by atoms with Crippen LogP contribution in [0.3, 0.4) is 0 Å². The van der Waals surface area contributed by atoms with Gasteiger partial charge in [-0.25, -0.2) is 0 Å². The van der Waals surface area contributed by atoms with Crippen molar-refractivity contribution in [2.75, 3.05) is 26.8 Å². The van der Waals surface area contributed by atoms with Gasteiger partial charge in [-0.05, 0) is 42.9 Å². The predicted octanol–water partition coefficient (Wildman–Crippen LogP) is 3.43. The number of carboxylic acids is 1. The molecular formula is C23H27NO4. The second-order valence-corrected chi connectivity index (χ2v) is 7.49. The summed E-state index contributed by atoms with van der Waals surface area (Å²) in [6.07, 6.45) is 2.80. The number of aryl methyl sites for hydroxylation is 2. The zero-order chi connectivity index (χ0) is 20.0. The summed E-state index contributed by atoms with van der Waals surface area (Å²) in [6, 6.07) is 17.8. The van der Waals surface area contributed by atoms with Gasteiger partial charge in [0, 0.05) is 25.8 Å². The molecule has 1 aliphatic rings. The van der Waals surface area contributed by atoms with Gasteiger partial charge in [-0.1, -0.05) is 48.5 Å². The summed E-state index contributed by atoms with van der Waals surface area (Å²) in [5.74, 6) is -0.991.